The van der Waals surface area contributed by atoms with Gasteiger partial charge in [0.05, 0.1) is 16.3 Å². The quantitative estimate of drug-likeness (QED) is 0.767. The van der Waals surface area contributed by atoms with Crippen molar-refractivity contribution in [2.45, 2.75) is 43.7 Å². The van der Waals surface area contributed by atoms with Crippen LogP contribution in [0.25, 0.3) is 0 Å². The predicted octanol–water partition coefficient (Wildman–Crippen LogP) is 1.40. The topological polar surface area (TPSA) is 109 Å². The number of fused-ring (bicyclic) bond motifs is 1. The van der Waals surface area contributed by atoms with Gasteiger partial charge in [-0.05, 0) is 38.0 Å². The van der Waals surface area contributed by atoms with E-state index in [9.17, 15) is 22.8 Å². The van der Waals surface area contributed by atoms with E-state index in [0.717, 1.165) is 17.4 Å². The lowest BCUT2D eigenvalue weighted by molar-refractivity contribution is -0.120. The molecule has 1 atom stereocenters. The highest BCUT2D eigenvalue weighted by atomic mass is 32.2. The Morgan fingerprint density at radius 2 is 1.81 bits per heavy atom. The number of hydrogen-bond donors (Lipinski definition) is 1. The van der Waals surface area contributed by atoms with E-state index in [4.69, 9.17) is 0 Å². The molecule has 4 rings (SSSR count). The van der Waals surface area contributed by atoms with Crippen LogP contribution in [0.15, 0.2) is 52.3 Å². The number of benzene rings is 1. The van der Waals surface area contributed by atoms with Gasteiger partial charge in [0.15, 0.2) is 0 Å². The van der Waals surface area contributed by atoms with Crippen LogP contribution in [0, 0.1) is 0 Å². The standard InChI is InChI=1S/C21H24N4O5S/c1-15-12-19(26)22-17-6-2-3-7-18(17)25(15)21(28)14-23-13-16(8-9-20(23)27)31(29,30)24-10-4-5-11-24/h2-3,6-9,13,15H,4-5,10-12,14H2,1H3,(H,22,26)/t15-/m0/s1. The van der Waals surface area contributed by atoms with Gasteiger partial charge in [-0.3, -0.25) is 14.4 Å². The van der Waals surface area contributed by atoms with Gasteiger partial charge in [-0.1, -0.05) is 12.1 Å². The van der Waals surface area contributed by atoms with Crippen LogP contribution in [0.1, 0.15) is 26.2 Å². The Balaban J connectivity index is 1.66. The van der Waals surface area contributed by atoms with Gasteiger partial charge in [0, 0.05) is 37.8 Å². The second-order valence-corrected chi connectivity index (χ2v) is 9.76. The number of carbonyl (C=O) groups is 2. The molecule has 0 saturated carbocycles. The van der Waals surface area contributed by atoms with Gasteiger partial charge in [0.1, 0.15) is 6.54 Å². The fraction of sp³-hybridized carbons (Fsp3) is 0.381. The van der Waals surface area contributed by atoms with E-state index in [1.807, 2.05) is 0 Å². The lowest BCUT2D eigenvalue weighted by Gasteiger charge is -2.28. The summed E-state index contributed by atoms with van der Waals surface area (Å²) >= 11 is 0. The maximum absolute atomic E-state index is 13.2. The number of carbonyl (C=O) groups excluding carboxylic acids is 2. The smallest absolute Gasteiger partial charge is 0.251 e. The van der Waals surface area contributed by atoms with Gasteiger partial charge in [-0.15, -0.1) is 0 Å². The molecular weight excluding hydrogens is 420 g/mol. The number of amides is 2. The molecule has 2 aliphatic heterocycles. The van der Waals surface area contributed by atoms with Gasteiger partial charge >= 0.3 is 0 Å². The molecule has 0 unspecified atom stereocenters. The third-order valence-corrected chi connectivity index (χ3v) is 7.47. The largest absolute Gasteiger partial charge is 0.324 e. The summed E-state index contributed by atoms with van der Waals surface area (Å²) in [4.78, 5) is 39.3. The van der Waals surface area contributed by atoms with Gasteiger partial charge in [0.25, 0.3) is 5.56 Å². The first-order chi connectivity index (χ1) is 14.8. The molecule has 164 valence electrons. The monoisotopic (exact) mass is 444 g/mol. The second kappa shape index (κ2) is 8.27. The molecule has 1 aromatic carbocycles. The Kier molecular flexibility index (Phi) is 5.67. The molecule has 1 fully saturated rings. The van der Waals surface area contributed by atoms with Crippen molar-refractivity contribution in [2.75, 3.05) is 23.3 Å². The van der Waals surface area contributed by atoms with E-state index >= 15 is 0 Å². The minimum Gasteiger partial charge on any atom is -0.324 e. The highest BCUT2D eigenvalue weighted by molar-refractivity contribution is 7.89. The summed E-state index contributed by atoms with van der Waals surface area (Å²) in [6.07, 6.45) is 2.94. The highest BCUT2D eigenvalue weighted by Crippen LogP contribution is 2.31. The summed E-state index contributed by atoms with van der Waals surface area (Å²) in [5.41, 5.74) is 0.585. The number of pyridine rings is 1. The fourth-order valence-electron chi connectivity index (χ4n) is 4.05. The van der Waals surface area contributed by atoms with Crippen LogP contribution >= 0.6 is 0 Å². The first-order valence-electron chi connectivity index (χ1n) is 10.2. The van der Waals surface area contributed by atoms with E-state index in [1.54, 1.807) is 31.2 Å². The van der Waals surface area contributed by atoms with Crippen LogP contribution in [-0.2, 0) is 26.2 Å². The molecule has 1 saturated heterocycles. The molecular formula is C21H24N4O5S. The SMILES string of the molecule is C[C@H]1CC(=O)Nc2ccccc2N1C(=O)Cn1cc(S(=O)(=O)N2CCCC2)ccc1=O. The van der Waals surface area contributed by atoms with E-state index in [0.29, 0.717) is 24.5 Å². The molecule has 2 aromatic rings. The van der Waals surface area contributed by atoms with Crippen molar-refractivity contribution in [2.24, 2.45) is 0 Å². The number of rotatable bonds is 4. The second-order valence-electron chi connectivity index (χ2n) is 7.82. The first-order valence-corrected chi connectivity index (χ1v) is 11.6. The Hall–Kier alpha value is -2.98. The highest BCUT2D eigenvalue weighted by Gasteiger charge is 2.31. The summed E-state index contributed by atoms with van der Waals surface area (Å²) in [6.45, 7) is 2.32. The molecule has 0 bridgehead atoms. The zero-order chi connectivity index (χ0) is 22.2. The number of nitrogens with one attached hydrogen (secondary N) is 1. The van der Waals surface area contributed by atoms with Crippen LogP contribution < -0.4 is 15.8 Å². The number of hydrogen-bond acceptors (Lipinski definition) is 5. The number of anilines is 2. The Labute approximate surface area is 180 Å². The summed E-state index contributed by atoms with van der Waals surface area (Å²) in [5.74, 6) is -0.611. The van der Waals surface area contributed by atoms with Gasteiger partial charge in [-0.25, -0.2) is 8.42 Å². The van der Waals surface area contributed by atoms with Crippen molar-refractivity contribution >= 4 is 33.2 Å². The minimum absolute atomic E-state index is 0.0111. The van der Waals surface area contributed by atoms with Gasteiger partial charge in [-0.2, -0.15) is 4.31 Å². The van der Waals surface area contributed by atoms with E-state index in [2.05, 4.69) is 5.32 Å². The van der Waals surface area contributed by atoms with Gasteiger partial charge < -0.3 is 14.8 Å². The molecule has 1 N–H and O–H groups in total. The van der Waals surface area contributed by atoms with E-state index in [-0.39, 0.29) is 23.8 Å². The molecule has 0 spiro atoms. The summed E-state index contributed by atoms with van der Waals surface area (Å²) in [7, 11) is -3.72. The first kappa shape index (κ1) is 21.3. The molecule has 0 radical (unpaired) electrons. The maximum atomic E-state index is 13.2. The van der Waals surface area contributed by atoms with Crippen molar-refractivity contribution in [1.29, 1.82) is 0 Å². The van der Waals surface area contributed by atoms with Crippen LogP contribution in [-0.4, -0.2) is 48.2 Å². The summed E-state index contributed by atoms with van der Waals surface area (Å²) < 4.78 is 28.2. The number of aromatic nitrogens is 1. The number of para-hydroxylation sites is 2. The number of nitrogens with zero attached hydrogens (tertiary/aromatic N) is 3. The lowest BCUT2D eigenvalue weighted by Crippen LogP contribution is -2.42. The fourth-order valence-corrected chi connectivity index (χ4v) is 5.59. The molecule has 2 aliphatic rings. The number of sulfonamides is 1. The third kappa shape index (κ3) is 4.13. The Morgan fingerprint density at radius 3 is 2.55 bits per heavy atom. The van der Waals surface area contributed by atoms with Crippen molar-refractivity contribution in [3.8, 4) is 0 Å². The molecule has 2 amide bonds. The molecule has 10 heteroatoms. The molecule has 9 nitrogen and oxygen atoms in total. The van der Waals surface area contributed by atoms with Crippen LogP contribution in [0.4, 0.5) is 11.4 Å². The van der Waals surface area contributed by atoms with Crippen LogP contribution in [0.5, 0.6) is 0 Å². The summed E-state index contributed by atoms with van der Waals surface area (Å²) in [6, 6.07) is 8.98. The predicted molar refractivity (Wildman–Crippen MR) is 115 cm³/mol. The van der Waals surface area contributed by atoms with Gasteiger partial charge in [0.2, 0.25) is 21.8 Å². The summed E-state index contributed by atoms with van der Waals surface area (Å²) in [5, 5.41) is 2.79. The van der Waals surface area contributed by atoms with Crippen LogP contribution in [0.2, 0.25) is 0 Å². The Morgan fingerprint density at radius 1 is 1.10 bits per heavy atom. The molecule has 1 aromatic heterocycles. The van der Waals surface area contributed by atoms with Crippen molar-refractivity contribution in [3.05, 3.63) is 52.9 Å². The zero-order valence-electron chi connectivity index (χ0n) is 17.2. The maximum Gasteiger partial charge on any atom is 0.251 e. The molecule has 3 heterocycles. The average Bonchev–Trinajstić information content (AvgIpc) is 3.22. The van der Waals surface area contributed by atoms with E-state index in [1.165, 1.54) is 27.5 Å². The van der Waals surface area contributed by atoms with Crippen molar-refractivity contribution < 1.29 is 18.0 Å². The zero-order valence-corrected chi connectivity index (χ0v) is 18.0. The van der Waals surface area contributed by atoms with Crippen molar-refractivity contribution in [3.63, 3.8) is 0 Å². The minimum atomic E-state index is -3.72. The third-order valence-electron chi connectivity index (χ3n) is 5.59. The molecule has 31 heavy (non-hydrogen) atoms. The van der Waals surface area contributed by atoms with E-state index < -0.39 is 27.5 Å². The lowest BCUT2D eigenvalue weighted by atomic mass is 10.1. The van der Waals surface area contributed by atoms with Crippen LogP contribution in [0.3, 0.4) is 0 Å². The molecule has 0 aliphatic carbocycles. The normalized spacial score (nSPS) is 19.6. The average molecular weight is 445 g/mol. The van der Waals surface area contributed by atoms with Crippen molar-refractivity contribution in [1.82, 2.24) is 8.87 Å². The Bertz CT molecular complexity index is 1180.